The van der Waals surface area contributed by atoms with Gasteiger partial charge in [-0.25, -0.2) is 4.79 Å². The quantitative estimate of drug-likeness (QED) is 0.325. The standard InChI is InChI=1S/C6H10O3/c1-3-4-5-6(7)9-8-2/h4-5H,3H2,1-2H3. The summed E-state index contributed by atoms with van der Waals surface area (Å²) in [5.74, 6) is -0.473. The number of carbonyl (C=O) groups is 1. The van der Waals surface area contributed by atoms with E-state index in [1.54, 1.807) is 6.08 Å². The maximum absolute atomic E-state index is 10.4. The Kier molecular flexibility index (Phi) is 4.82. The lowest BCUT2D eigenvalue weighted by Gasteiger charge is -1.90. The highest BCUT2D eigenvalue weighted by atomic mass is 17.2. The van der Waals surface area contributed by atoms with Crippen LogP contribution < -0.4 is 0 Å². The predicted octanol–water partition coefficient (Wildman–Crippen LogP) is 1.06. The van der Waals surface area contributed by atoms with Gasteiger partial charge in [-0.2, -0.15) is 4.89 Å². The summed E-state index contributed by atoms with van der Waals surface area (Å²) in [7, 11) is 1.29. The first-order chi connectivity index (χ1) is 4.31. The lowest BCUT2D eigenvalue weighted by molar-refractivity contribution is -0.249. The van der Waals surface area contributed by atoms with E-state index >= 15 is 0 Å². The molecule has 0 amide bonds. The molecule has 52 valence electrons. The van der Waals surface area contributed by atoms with Crippen LogP contribution in [0.1, 0.15) is 13.3 Å². The average molecular weight is 130 g/mol. The molecule has 0 saturated carbocycles. The van der Waals surface area contributed by atoms with Crippen molar-refractivity contribution in [2.75, 3.05) is 7.11 Å². The van der Waals surface area contributed by atoms with E-state index in [1.165, 1.54) is 13.2 Å². The number of rotatable bonds is 3. The minimum Gasteiger partial charge on any atom is -0.294 e. The van der Waals surface area contributed by atoms with Crippen molar-refractivity contribution in [2.24, 2.45) is 0 Å². The summed E-state index contributed by atoms with van der Waals surface area (Å²) < 4.78 is 0. The van der Waals surface area contributed by atoms with Crippen molar-refractivity contribution < 1.29 is 14.6 Å². The Morgan fingerprint density at radius 2 is 2.33 bits per heavy atom. The monoisotopic (exact) mass is 130 g/mol. The van der Waals surface area contributed by atoms with Gasteiger partial charge >= 0.3 is 5.97 Å². The Hall–Kier alpha value is -0.830. The molecule has 3 heteroatoms. The Morgan fingerprint density at radius 3 is 2.78 bits per heavy atom. The first kappa shape index (κ1) is 8.17. The van der Waals surface area contributed by atoms with Crippen molar-refractivity contribution in [1.29, 1.82) is 0 Å². The van der Waals surface area contributed by atoms with E-state index in [1.807, 2.05) is 6.92 Å². The van der Waals surface area contributed by atoms with Crippen molar-refractivity contribution in [2.45, 2.75) is 13.3 Å². The lowest BCUT2D eigenvalue weighted by Crippen LogP contribution is -1.97. The van der Waals surface area contributed by atoms with E-state index in [9.17, 15) is 4.79 Å². The molecule has 0 bridgehead atoms. The zero-order chi connectivity index (χ0) is 7.11. The van der Waals surface area contributed by atoms with Crippen LogP contribution in [-0.4, -0.2) is 13.1 Å². The third-order valence-corrected chi connectivity index (χ3v) is 0.655. The Morgan fingerprint density at radius 1 is 1.67 bits per heavy atom. The summed E-state index contributed by atoms with van der Waals surface area (Å²) in [5.41, 5.74) is 0. The molecule has 0 heterocycles. The number of allylic oxidation sites excluding steroid dienone is 1. The molecule has 0 aliphatic rings. The van der Waals surface area contributed by atoms with Gasteiger partial charge in [0.15, 0.2) is 0 Å². The Labute approximate surface area is 54.2 Å². The molecule has 3 nitrogen and oxygen atoms in total. The van der Waals surface area contributed by atoms with E-state index in [2.05, 4.69) is 9.78 Å². The molecule has 0 aromatic rings. The fraction of sp³-hybridized carbons (Fsp3) is 0.500. The number of hydrogen-bond acceptors (Lipinski definition) is 3. The molecule has 0 saturated heterocycles. The van der Waals surface area contributed by atoms with Gasteiger partial charge in [0, 0.05) is 6.08 Å². The third-order valence-electron chi connectivity index (χ3n) is 0.655. The van der Waals surface area contributed by atoms with Gasteiger partial charge in [-0.1, -0.05) is 13.0 Å². The van der Waals surface area contributed by atoms with Gasteiger partial charge in [-0.3, -0.25) is 4.89 Å². The SMILES string of the molecule is CCC=CC(=O)OOC. The van der Waals surface area contributed by atoms with Crippen molar-refractivity contribution in [3.8, 4) is 0 Å². The van der Waals surface area contributed by atoms with E-state index < -0.39 is 5.97 Å². The predicted molar refractivity (Wildman–Crippen MR) is 32.5 cm³/mol. The summed E-state index contributed by atoms with van der Waals surface area (Å²) in [5, 5.41) is 0. The number of hydrogen-bond donors (Lipinski definition) is 0. The van der Waals surface area contributed by atoms with Crippen LogP contribution in [0.4, 0.5) is 0 Å². The first-order valence-electron chi connectivity index (χ1n) is 2.72. The summed E-state index contributed by atoms with van der Waals surface area (Å²) in [6.07, 6.45) is 3.84. The summed E-state index contributed by atoms with van der Waals surface area (Å²) in [4.78, 5) is 18.6. The summed E-state index contributed by atoms with van der Waals surface area (Å²) in [6, 6.07) is 0. The van der Waals surface area contributed by atoms with E-state index in [-0.39, 0.29) is 0 Å². The van der Waals surface area contributed by atoms with Crippen LogP contribution in [0.5, 0.6) is 0 Å². The van der Waals surface area contributed by atoms with Crippen LogP contribution >= 0.6 is 0 Å². The van der Waals surface area contributed by atoms with Crippen molar-refractivity contribution in [3.05, 3.63) is 12.2 Å². The van der Waals surface area contributed by atoms with Crippen molar-refractivity contribution in [1.82, 2.24) is 0 Å². The fourth-order valence-corrected chi connectivity index (χ4v) is 0.324. The maximum Gasteiger partial charge on any atom is 0.365 e. The highest BCUT2D eigenvalue weighted by Gasteiger charge is 1.91. The van der Waals surface area contributed by atoms with Crippen LogP contribution in [0.3, 0.4) is 0 Å². The van der Waals surface area contributed by atoms with Crippen molar-refractivity contribution in [3.63, 3.8) is 0 Å². The van der Waals surface area contributed by atoms with Gasteiger partial charge < -0.3 is 0 Å². The second kappa shape index (κ2) is 5.31. The zero-order valence-electron chi connectivity index (χ0n) is 5.59. The molecule has 0 spiro atoms. The average Bonchev–Trinajstić information content (AvgIpc) is 1.85. The molecule has 0 atom stereocenters. The van der Waals surface area contributed by atoms with Gasteiger partial charge in [-0.15, -0.1) is 0 Å². The summed E-state index contributed by atoms with van der Waals surface area (Å²) >= 11 is 0. The van der Waals surface area contributed by atoms with E-state index in [4.69, 9.17) is 0 Å². The van der Waals surface area contributed by atoms with Gasteiger partial charge in [0.25, 0.3) is 0 Å². The molecule has 0 unspecified atom stereocenters. The van der Waals surface area contributed by atoms with E-state index in [0.29, 0.717) is 0 Å². The van der Waals surface area contributed by atoms with Gasteiger partial charge in [0.05, 0.1) is 7.11 Å². The lowest BCUT2D eigenvalue weighted by atomic mass is 10.4. The summed E-state index contributed by atoms with van der Waals surface area (Å²) in [6.45, 7) is 1.93. The topological polar surface area (TPSA) is 35.5 Å². The molecule has 0 radical (unpaired) electrons. The first-order valence-corrected chi connectivity index (χ1v) is 2.72. The Balaban J connectivity index is 3.37. The molecule has 0 aromatic carbocycles. The Bertz CT molecular complexity index is 107. The van der Waals surface area contributed by atoms with Crippen LogP contribution in [0.15, 0.2) is 12.2 Å². The van der Waals surface area contributed by atoms with Crippen LogP contribution in [0, 0.1) is 0 Å². The van der Waals surface area contributed by atoms with Gasteiger partial charge in [-0.05, 0) is 6.42 Å². The van der Waals surface area contributed by atoms with Crippen molar-refractivity contribution >= 4 is 5.97 Å². The molecule has 0 aromatic heterocycles. The minimum atomic E-state index is -0.473. The highest BCUT2D eigenvalue weighted by molar-refractivity contribution is 5.81. The van der Waals surface area contributed by atoms with Crippen LogP contribution in [-0.2, 0) is 14.6 Å². The molecule has 0 aliphatic carbocycles. The second-order valence-electron chi connectivity index (χ2n) is 1.38. The molecule has 0 fully saturated rings. The van der Waals surface area contributed by atoms with Crippen LogP contribution in [0.25, 0.3) is 0 Å². The number of carbonyl (C=O) groups excluding carboxylic acids is 1. The zero-order valence-corrected chi connectivity index (χ0v) is 5.59. The minimum absolute atomic E-state index is 0.473. The maximum atomic E-state index is 10.4. The molecule has 0 aliphatic heterocycles. The van der Waals surface area contributed by atoms with E-state index in [0.717, 1.165) is 6.42 Å². The second-order valence-corrected chi connectivity index (χ2v) is 1.38. The normalized spacial score (nSPS) is 10.0. The largest absolute Gasteiger partial charge is 0.365 e. The van der Waals surface area contributed by atoms with Crippen LogP contribution in [0.2, 0.25) is 0 Å². The molecule has 9 heavy (non-hydrogen) atoms. The third kappa shape index (κ3) is 5.03. The smallest absolute Gasteiger partial charge is 0.294 e. The molecular weight excluding hydrogens is 120 g/mol. The highest BCUT2D eigenvalue weighted by Crippen LogP contribution is 1.83. The van der Waals surface area contributed by atoms with Gasteiger partial charge in [0.1, 0.15) is 0 Å². The molecule has 0 rings (SSSR count). The fourth-order valence-electron chi connectivity index (χ4n) is 0.324. The molecule has 0 N–H and O–H groups in total. The van der Waals surface area contributed by atoms with Gasteiger partial charge in [0.2, 0.25) is 0 Å². The molecular formula is C6H10O3.